The second-order valence-corrected chi connectivity index (χ2v) is 7.39. The summed E-state index contributed by atoms with van der Waals surface area (Å²) in [4.78, 5) is 12.0. The Kier molecular flexibility index (Phi) is 5.80. The van der Waals surface area contributed by atoms with Crippen molar-refractivity contribution in [2.24, 2.45) is 0 Å². The van der Waals surface area contributed by atoms with E-state index in [9.17, 15) is 20.1 Å². The van der Waals surface area contributed by atoms with Crippen LogP contribution in [0.3, 0.4) is 0 Å². The number of esters is 1. The van der Waals surface area contributed by atoms with E-state index in [-0.39, 0.29) is 13.0 Å². The Morgan fingerprint density at radius 1 is 1.19 bits per heavy atom. The van der Waals surface area contributed by atoms with Gasteiger partial charge in [0.15, 0.2) is 5.60 Å². The van der Waals surface area contributed by atoms with Crippen molar-refractivity contribution in [2.75, 3.05) is 6.61 Å². The second kappa shape index (κ2) is 7.91. The van der Waals surface area contributed by atoms with Gasteiger partial charge in [0.2, 0.25) is 0 Å². The zero-order valence-corrected chi connectivity index (χ0v) is 15.3. The lowest BCUT2D eigenvalue weighted by molar-refractivity contribution is -0.165. The van der Waals surface area contributed by atoms with E-state index in [4.69, 9.17) is 4.74 Å². The summed E-state index contributed by atoms with van der Waals surface area (Å²) in [6, 6.07) is 6.51. The summed E-state index contributed by atoms with van der Waals surface area (Å²) in [5.74, 6) is -0.780. The quantitative estimate of drug-likeness (QED) is 0.551. The van der Waals surface area contributed by atoms with E-state index in [0.717, 1.165) is 12.8 Å². The molecule has 0 amide bonds. The maximum absolute atomic E-state index is 12.0. The first-order valence-electron chi connectivity index (χ1n) is 9.51. The fourth-order valence-electron chi connectivity index (χ4n) is 3.98. The van der Waals surface area contributed by atoms with Crippen LogP contribution in [0.2, 0.25) is 0 Å². The van der Waals surface area contributed by atoms with Crippen molar-refractivity contribution in [1.29, 1.82) is 0 Å². The molecule has 142 valence electrons. The smallest absolute Gasteiger partial charge is 0.342 e. The molecule has 0 radical (unpaired) electrons. The zero-order valence-electron chi connectivity index (χ0n) is 15.3. The van der Waals surface area contributed by atoms with Crippen LogP contribution in [-0.2, 0) is 28.8 Å². The van der Waals surface area contributed by atoms with Gasteiger partial charge in [0.1, 0.15) is 6.10 Å². The van der Waals surface area contributed by atoms with E-state index < -0.39 is 23.8 Å². The summed E-state index contributed by atoms with van der Waals surface area (Å²) in [5.41, 5.74) is 2.59. The van der Waals surface area contributed by atoms with Crippen LogP contribution in [0.25, 0.3) is 0 Å². The van der Waals surface area contributed by atoms with Gasteiger partial charge >= 0.3 is 5.97 Å². The number of hydrogen-bond donors (Lipinski definition) is 3. The van der Waals surface area contributed by atoms with Crippen molar-refractivity contribution in [2.45, 2.75) is 69.7 Å². The number of rotatable bonds is 5. The molecule has 0 fully saturated rings. The number of benzene rings is 1. The molecule has 5 heteroatoms. The van der Waals surface area contributed by atoms with Crippen LogP contribution < -0.4 is 0 Å². The molecular weight excluding hydrogens is 332 g/mol. The number of aliphatic hydroxyl groups is 3. The fourth-order valence-corrected chi connectivity index (χ4v) is 3.98. The number of hydrogen-bond acceptors (Lipinski definition) is 5. The Balaban J connectivity index is 1.74. The normalized spacial score (nSPS) is 28.2. The summed E-state index contributed by atoms with van der Waals surface area (Å²) in [7, 11) is 0. The third kappa shape index (κ3) is 4.00. The first-order valence-corrected chi connectivity index (χ1v) is 9.51. The lowest BCUT2D eigenvalue weighted by atomic mass is 9.80. The molecule has 0 saturated heterocycles. The number of aliphatic hydroxyl groups excluding tert-OH is 2. The minimum Gasteiger partial charge on any atom is -0.464 e. The molecule has 3 atom stereocenters. The van der Waals surface area contributed by atoms with Gasteiger partial charge in [-0.2, -0.15) is 0 Å². The summed E-state index contributed by atoms with van der Waals surface area (Å²) in [6.45, 7) is 1.81. The lowest BCUT2D eigenvalue weighted by Gasteiger charge is -2.34. The van der Waals surface area contributed by atoms with Crippen LogP contribution in [0, 0.1) is 0 Å². The van der Waals surface area contributed by atoms with Crippen LogP contribution in [0.4, 0.5) is 0 Å². The molecule has 1 aromatic rings. The van der Waals surface area contributed by atoms with Crippen molar-refractivity contribution in [3.63, 3.8) is 0 Å². The first kappa shape index (κ1) is 19.1. The molecule has 0 spiro atoms. The second-order valence-electron chi connectivity index (χ2n) is 7.39. The minimum absolute atomic E-state index is 0.151. The Morgan fingerprint density at radius 2 is 1.92 bits per heavy atom. The number of fused-ring (bicyclic) bond motifs is 1. The molecule has 0 heterocycles. The predicted octanol–water partition coefficient (Wildman–Crippen LogP) is 1.84. The van der Waals surface area contributed by atoms with Gasteiger partial charge in [-0.15, -0.1) is 0 Å². The number of carbonyl (C=O) groups is 1. The van der Waals surface area contributed by atoms with Gasteiger partial charge in [0.25, 0.3) is 0 Å². The van der Waals surface area contributed by atoms with Gasteiger partial charge in [0, 0.05) is 6.42 Å². The monoisotopic (exact) mass is 360 g/mol. The highest BCUT2D eigenvalue weighted by Gasteiger charge is 2.44. The number of carbonyl (C=O) groups excluding carboxylic acids is 1. The Morgan fingerprint density at radius 3 is 2.65 bits per heavy atom. The van der Waals surface area contributed by atoms with E-state index >= 15 is 0 Å². The molecule has 0 bridgehead atoms. The third-order valence-corrected chi connectivity index (χ3v) is 5.43. The van der Waals surface area contributed by atoms with E-state index in [1.165, 1.54) is 35.6 Å². The number of ether oxygens (including phenoxy) is 1. The molecule has 2 aliphatic carbocycles. The van der Waals surface area contributed by atoms with Gasteiger partial charge in [0.05, 0.1) is 12.7 Å². The average molecular weight is 360 g/mol. The topological polar surface area (TPSA) is 87.0 Å². The third-order valence-electron chi connectivity index (χ3n) is 5.43. The fraction of sp³-hybridized carbons (Fsp3) is 0.571. The molecule has 0 unspecified atom stereocenters. The molecule has 2 aliphatic rings. The highest BCUT2D eigenvalue weighted by Crippen LogP contribution is 2.31. The highest BCUT2D eigenvalue weighted by atomic mass is 16.5. The van der Waals surface area contributed by atoms with Gasteiger partial charge in [-0.1, -0.05) is 18.2 Å². The molecule has 0 saturated carbocycles. The first-order chi connectivity index (χ1) is 12.4. The molecule has 3 N–H and O–H groups in total. The van der Waals surface area contributed by atoms with Crippen molar-refractivity contribution < 1.29 is 24.9 Å². The number of aryl methyl sites for hydroxylation is 3. The van der Waals surface area contributed by atoms with Crippen molar-refractivity contribution in [3.8, 4) is 0 Å². The van der Waals surface area contributed by atoms with Crippen LogP contribution in [0.15, 0.2) is 29.8 Å². The van der Waals surface area contributed by atoms with Gasteiger partial charge in [-0.05, 0) is 73.8 Å². The minimum atomic E-state index is -1.88. The van der Waals surface area contributed by atoms with E-state index in [1.807, 2.05) is 0 Å². The Labute approximate surface area is 154 Å². The molecular formula is C21H28O5. The Hall–Kier alpha value is -1.69. The van der Waals surface area contributed by atoms with Crippen LogP contribution in [0.5, 0.6) is 0 Å². The highest BCUT2D eigenvalue weighted by molar-refractivity contribution is 5.82. The van der Waals surface area contributed by atoms with Gasteiger partial charge < -0.3 is 20.1 Å². The zero-order chi connectivity index (χ0) is 18.7. The summed E-state index contributed by atoms with van der Waals surface area (Å²) in [5, 5.41) is 30.9. The molecule has 3 rings (SSSR count). The largest absolute Gasteiger partial charge is 0.464 e. The van der Waals surface area contributed by atoms with Gasteiger partial charge in [-0.3, -0.25) is 0 Å². The van der Waals surface area contributed by atoms with Crippen LogP contribution in [0.1, 0.15) is 49.3 Å². The molecule has 1 aromatic carbocycles. The summed E-state index contributed by atoms with van der Waals surface area (Å²) in [6.07, 6.45) is 4.73. The van der Waals surface area contributed by atoms with Crippen molar-refractivity contribution >= 4 is 5.97 Å². The predicted molar refractivity (Wildman–Crippen MR) is 97.7 cm³/mol. The van der Waals surface area contributed by atoms with Crippen molar-refractivity contribution in [1.82, 2.24) is 0 Å². The summed E-state index contributed by atoms with van der Waals surface area (Å²) >= 11 is 0. The lowest BCUT2D eigenvalue weighted by Crippen LogP contribution is -2.49. The molecule has 5 nitrogen and oxygen atoms in total. The maximum atomic E-state index is 12.0. The summed E-state index contributed by atoms with van der Waals surface area (Å²) < 4.78 is 4.92. The molecule has 0 aromatic heterocycles. The standard InChI is InChI=1S/C21H28O5/c1-2-26-20(24)21(25)12-17(19(23)18(22)13-21)10-8-14-7-9-15-5-3-4-6-16(15)11-14/h7,9,11-12,18-19,22-23,25H,2-6,8,10,13H2,1H3/t18-,19-,21+/m1/s1. The molecule has 0 aliphatic heterocycles. The van der Waals surface area contributed by atoms with Crippen LogP contribution >= 0.6 is 0 Å². The SMILES string of the molecule is CCOC(=O)[C@]1(O)C=C(CCc2ccc3c(c2)CCCC3)[C@@H](O)[C@H](O)C1. The van der Waals surface area contributed by atoms with E-state index in [1.54, 1.807) is 6.92 Å². The molecule has 26 heavy (non-hydrogen) atoms. The van der Waals surface area contributed by atoms with E-state index in [2.05, 4.69) is 18.2 Å². The average Bonchev–Trinajstić information content (AvgIpc) is 2.63. The maximum Gasteiger partial charge on any atom is 0.342 e. The van der Waals surface area contributed by atoms with Crippen LogP contribution in [-0.4, -0.2) is 45.7 Å². The van der Waals surface area contributed by atoms with Gasteiger partial charge in [-0.25, -0.2) is 4.79 Å². The van der Waals surface area contributed by atoms with E-state index in [0.29, 0.717) is 18.4 Å². The Bertz CT molecular complexity index is 696. The van der Waals surface area contributed by atoms with Crippen molar-refractivity contribution in [3.05, 3.63) is 46.5 Å².